The molecule has 0 aliphatic carbocycles. The van der Waals surface area contributed by atoms with Gasteiger partial charge in [0.25, 0.3) is 5.22 Å². The van der Waals surface area contributed by atoms with Gasteiger partial charge in [0, 0.05) is 30.7 Å². The quantitative estimate of drug-likeness (QED) is 0.614. The maximum absolute atomic E-state index is 11.4. The van der Waals surface area contributed by atoms with Crippen LogP contribution in [-0.2, 0) is 10.5 Å². The number of hydrogen-bond donors (Lipinski definition) is 0. The second-order valence-electron chi connectivity index (χ2n) is 5.43. The fourth-order valence-electron chi connectivity index (χ4n) is 2.20. The summed E-state index contributed by atoms with van der Waals surface area (Å²) in [6, 6.07) is 5.48. The molecule has 0 fully saturated rings. The third kappa shape index (κ3) is 3.37. The molecule has 1 aliphatic rings. The van der Waals surface area contributed by atoms with Crippen molar-refractivity contribution >= 4 is 34.1 Å². The Labute approximate surface area is 157 Å². The minimum atomic E-state index is -0.0520. The normalized spacial score (nSPS) is 12.4. The number of amides is 1. The van der Waals surface area contributed by atoms with E-state index >= 15 is 0 Å². The van der Waals surface area contributed by atoms with Crippen LogP contribution in [0.25, 0.3) is 11.5 Å². The zero-order valence-corrected chi connectivity index (χ0v) is 15.6. The molecule has 26 heavy (non-hydrogen) atoms. The van der Waals surface area contributed by atoms with E-state index in [0.717, 1.165) is 11.3 Å². The molecule has 0 unspecified atom stereocenters. The Hall–Kier alpha value is -2.59. The van der Waals surface area contributed by atoms with Crippen LogP contribution in [0.1, 0.15) is 12.6 Å². The number of aromatic nitrogens is 3. The van der Waals surface area contributed by atoms with E-state index in [1.165, 1.54) is 34.9 Å². The zero-order valence-electron chi connectivity index (χ0n) is 14.0. The van der Waals surface area contributed by atoms with Crippen molar-refractivity contribution in [3.63, 3.8) is 0 Å². The number of carbonyl (C=O) groups is 1. The lowest BCUT2D eigenvalue weighted by atomic mass is 10.2. The molecule has 10 heteroatoms. The van der Waals surface area contributed by atoms with Crippen molar-refractivity contribution in [1.29, 1.82) is 0 Å². The number of nitrogens with zero attached hydrogens (tertiary/aromatic N) is 4. The maximum atomic E-state index is 11.4. The van der Waals surface area contributed by atoms with Crippen LogP contribution >= 0.6 is 23.1 Å². The topological polar surface area (TPSA) is 90.6 Å². The highest BCUT2D eigenvalue weighted by Crippen LogP contribution is 2.36. The average Bonchev–Trinajstić information content (AvgIpc) is 3.37. The fourth-order valence-corrected chi connectivity index (χ4v) is 3.80. The van der Waals surface area contributed by atoms with Gasteiger partial charge in [0.1, 0.15) is 0 Å². The van der Waals surface area contributed by atoms with Crippen LogP contribution in [0.15, 0.2) is 33.2 Å². The third-order valence-electron chi connectivity index (χ3n) is 3.67. The van der Waals surface area contributed by atoms with E-state index in [1.807, 2.05) is 23.6 Å². The summed E-state index contributed by atoms with van der Waals surface area (Å²) >= 11 is 2.82. The average molecular weight is 390 g/mol. The molecule has 3 aromatic rings. The third-order valence-corrected chi connectivity index (χ3v) is 5.49. The molecule has 2 aromatic heterocycles. The summed E-state index contributed by atoms with van der Waals surface area (Å²) in [5.74, 6) is 2.31. The van der Waals surface area contributed by atoms with Crippen molar-refractivity contribution in [2.75, 3.05) is 18.7 Å². The lowest BCUT2D eigenvalue weighted by molar-refractivity contribution is -0.116. The molecule has 3 heterocycles. The van der Waals surface area contributed by atoms with E-state index in [9.17, 15) is 4.79 Å². The van der Waals surface area contributed by atoms with Gasteiger partial charge in [-0.25, -0.2) is 4.98 Å². The van der Waals surface area contributed by atoms with Gasteiger partial charge < -0.3 is 13.9 Å². The maximum Gasteiger partial charge on any atom is 0.277 e. The number of rotatable bonds is 5. The van der Waals surface area contributed by atoms with E-state index in [4.69, 9.17) is 13.9 Å². The smallest absolute Gasteiger partial charge is 0.277 e. The number of anilines is 1. The summed E-state index contributed by atoms with van der Waals surface area (Å²) in [5.41, 5.74) is 1.62. The second-order valence-corrected chi connectivity index (χ2v) is 7.19. The molecule has 0 N–H and O–H groups in total. The Morgan fingerprint density at radius 1 is 1.31 bits per heavy atom. The van der Waals surface area contributed by atoms with Gasteiger partial charge in [-0.2, -0.15) is 0 Å². The molecule has 0 bridgehead atoms. The number of hydrogen-bond acceptors (Lipinski definition) is 9. The first-order valence-electron chi connectivity index (χ1n) is 7.65. The predicted octanol–water partition coefficient (Wildman–Crippen LogP) is 3.20. The van der Waals surface area contributed by atoms with Crippen molar-refractivity contribution in [1.82, 2.24) is 15.2 Å². The first kappa shape index (κ1) is 16.9. The molecule has 134 valence electrons. The van der Waals surface area contributed by atoms with Crippen molar-refractivity contribution in [3.8, 4) is 23.0 Å². The number of ether oxygens (including phenoxy) is 2. The van der Waals surface area contributed by atoms with Crippen LogP contribution in [0, 0.1) is 0 Å². The fraction of sp³-hybridized carbons (Fsp3) is 0.250. The van der Waals surface area contributed by atoms with Gasteiger partial charge in [0.2, 0.25) is 18.6 Å². The molecular weight excluding hydrogens is 376 g/mol. The minimum Gasteiger partial charge on any atom is -0.454 e. The number of carbonyl (C=O) groups excluding carboxylic acids is 1. The molecule has 1 amide bonds. The molecule has 1 aliphatic heterocycles. The van der Waals surface area contributed by atoms with Gasteiger partial charge in [-0.1, -0.05) is 11.8 Å². The van der Waals surface area contributed by atoms with Crippen molar-refractivity contribution in [2.45, 2.75) is 17.9 Å². The predicted molar refractivity (Wildman–Crippen MR) is 96.6 cm³/mol. The Bertz CT molecular complexity index is 955. The van der Waals surface area contributed by atoms with Gasteiger partial charge in [0.05, 0.1) is 5.69 Å². The Kier molecular flexibility index (Phi) is 4.51. The van der Waals surface area contributed by atoms with E-state index in [1.54, 1.807) is 7.05 Å². The Morgan fingerprint density at radius 3 is 3.00 bits per heavy atom. The highest BCUT2D eigenvalue weighted by Gasteiger charge is 2.17. The second kappa shape index (κ2) is 6.96. The van der Waals surface area contributed by atoms with E-state index in [-0.39, 0.29) is 12.7 Å². The first-order valence-corrected chi connectivity index (χ1v) is 9.51. The molecule has 4 rings (SSSR count). The largest absolute Gasteiger partial charge is 0.454 e. The lowest BCUT2D eigenvalue weighted by Crippen LogP contribution is -2.22. The lowest BCUT2D eigenvalue weighted by Gasteiger charge is -2.09. The Balaban J connectivity index is 1.42. The molecule has 0 radical (unpaired) electrons. The summed E-state index contributed by atoms with van der Waals surface area (Å²) in [5, 5.41) is 11.2. The first-order chi connectivity index (χ1) is 12.6. The van der Waals surface area contributed by atoms with Crippen molar-refractivity contribution in [2.24, 2.45) is 0 Å². The van der Waals surface area contributed by atoms with E-state index in [2.05, 4.69) is 15.2 Å². The van der Waals surface area contributed by atoms with Crippen molar-refractivity contribution in [3.05, 3.63) is 29.3 Å². The molecule has 1 aromatic carbocycles. The summed E-state index contributed by atoms with van der Waals surface area (Å²) < 4.78 is 16.4. The van der Waals surface area contributed by atoms with Gasteiger partial charge in [0.15, 0.2) is 16.6 Å². The van der Waals surface area contributed by atoms with Crippen LogP contribution in [0.2, 0.25) is 0 Å². The van der Waals surface area contributed by atoms with Gasteiger partial charge in [-0.3, -0.25) is 9.69 Å². The van der Waals surface area contributed by atoms with Crippen molar-refractivity contribution < 1.29 is 18.7 Å². The van der Waals surface area contributed by atoms with Crippen LogP contribution in [0.5, 0.6) is 11.5 Å². The van der Waals surface area contributed by atoms with E-state index < -0.39 is 0 Å². The van der Waals surface area contributed by atoms with Gasteiger partial charge in [-0.05, 0) is 18.2 Å². The highest BCUT2D eigenvalue weighted by molar-refractivity contribution is 7.98. The number of thioether (sulfide) groups is 1. The number of fused-ring (bicyclic) bond motifs is 1. The number of benzene rings is 1. The zero-order chi connectivity index (χ0) is 18.1. The molecule has 0 spiro atoms. The van der Waals surface area contributed by atoms with Crippen LogP contribution in [0.4, 0.5) is 5.13 Å². The van der Waals surface area contributed by atoms with Crippen LogP contribution < -0.4 is 14.4 Å². The van der Waals surface area contributed by atoms with Gasteiger partial charge in [-0.15, -0.1) is 21.5 Å². The molecule has 0 saturated carbocycles. The van der Waals surface area contributed by atoms with E-state index in [0.29, 0.717) is 33.5 Å². The van der Waals surface area contributed by atoms with Crippen LogP contribution in [0.3, 0.4) is 0 Å². The molecule has 0 saturated heterocycles. The minimum absolute atomic E-state index is 0.0520. The summed E-state index contributed by atoms with van der Waals surface area (Å²) in [6.07, 6.45) is 0. The molecule has 0 atom stereocenters. The number of thiazole rings is 1. The summed E-state index contributed by atoms with van der Waals surface area (Å²) in [6.45, 7) is 1.73. The van der Waals surface area contributed by atoms with Gasteiger partial charge >= 0.3 is 0 Å². The monoisotopic (exact) mass is 390 g/mol. The molecular formula is C16H14N4O4S2. The van der Waals surface area contributed by atoms with Crippen LogP contribution in [-0.4, -0.2) is 34.9 Å². The summed E-state index contributed by atoms with van der Waals surface area (Å²) in [4.78, 5) is 17.3. The Morgan fingerprint density at radius 2 is 2.15 bits per heavy atom. The SMILES string of the molecule is CC(=O)N(C)c1nc(CSc2nnc(-c3ccc4c(c3)OCO4)o2)cs1. The summed E-state index contributed by atoms with van der Waals surface area (Å²) in [7, 11) is 1.70. The highest BCUT2D eigenvalue weighted by atomic mass is 32.2. The standard InChI is InChI=1S/C16H14N4O4S2/c1-9(21)20(2)15-17-11(6-25-15)7-26-16-19-18-14(24-16)10-3-4-12-13(5-10)23-8-22-12/h3-6H,7-8H2,1-2H3. The molecule has 8 nitrogen and oxygen atoms in total.